The molecule has 0 saturated carbocycles. The molecule has 6 aromatic rings. The van der Waals surface area contributed by atoms with Gasteiger partial charge in [0.15, 0.2) is 0 Å². The molecule has 4 nitrogen and oxygen atoms in total. The molecule has 2 atom stereocenters. The average molecular weight is 1490 g/mol. The van der Waals surface area contributed by atoms with E-state index in [1.165, 1.54) is 305 Å². The Morgan fingerprint density at radius 1 is 0.311 bits per heavy atom. The number of nitrogens with zero attached hydrogens (tertiary/aromatic N) is 2. The van der Waals surface area contributed by atoms with Crippen LogP contribution >= 0.6 is 0 Å². The quantitative estimate of drug-likeness (QED) is 0.0282. The summed E-state index contributed by atoms with van der Waals surface area (Å²) in [6.45, 7) is 15.1. The molecule has 0 amide bonds. The van der Waals surface area contributed by atoms with Crippen LogP contribution in [0.2, 0.25) is 0 Å². The number of hydrogen-bond acceptors (Lipinski definition) is 2. The van der Waals surface area contributed by atoms with Gasteiger partial charge >= 0.3 is 373 Å². The van der Waals surface area contributed by atoms with Crippen molar-refractivity contribution in [1.82, 2.24) is 9.13 Å². The number of pyridine rings is 2. The summed E-state index contributed by atoms with van der Waals surface area (Å²) in [5.41, 5.74) is 3.87. The van der Waals surface area contributed by atoms with Crippen LogP contribution in [0.5, 0.6) is 0 Å². The van der Waals surface area contributed by atoms with Gasteiger partial charge in [0.1, 0.15) is 0 Å². The first kappa shape index (κ1) is 76.9. The fraction of sp³-hybridized carbons (Fsp3) is 0.683. The van der Waals surface area contributed by atoms with Gasteiger partial charge in [-0.05, 0) is 0 Å². The average Bonchev–Trinajstić information content (AvgIpc) is 1.66. The third kappa shape index (κ3) is 29.5. The van der Waals surface area contributed by atoms with E-state index in [2.05, 4.69) is 123 Å². The molecule has 90 heavy (non-hydrogen) atoms. The molecule has 0 aromatic carbocycles. The van der Waals surface area contributed by atoms with Gasteiger partial charge in [-0.1, -0.05) is 207 Å². The predicted octanol–water partition coefficient (Wildman–Crippen LogP) is 24.4. The molecule has 0 aliphatic rings. The Kier molecular flexibility index (Phi) is 40.8. The molecule has 2 unspecified atom stereocenters. The van der Waals surface area contributed by atoms with Crippen LogP contribution < -0.4 is 11.1 Å². The minimum absolute atomic E-state index is 0.00446. The molecule has 6 rings (SSSR count). The van der Waals surface area contributed by atoms with Crippen molar-refractivity contribution >= 4 is 81.2 Å². The summed E-state index contributed by atoms with van der Waals surface area (Å²) in [6, 6.07) is 22.6. The summed E-state index contributed by atoms with van der Waals surface area (Å²) in [5.74, 6) is 1.54. The number of fused-ring (bicyclic) bond motifs is 1. The number of rotatable bonds is 55. The van der Waals surface area contributed by atoms with E-state index in [1.54, 1.807) is 0 Å². The van der Waals surface area contributed by atoms with Crippen LogP contribution in [0.1, 0.15) is 341 Å². The zero-order chi connectivity index (χ0) is 63.6. The van der Waals surface area contributed by atoms with Gasteiger partial charge in [-0.25, -0.2) is 0 Å². The van der Waals surface area contributed by atoms with E-state index in [9.17, 15) is 0 Å². The molecule has 6 heterocycles. The van der Waals surface area contributed by atoms with E-state index in [4.69, 9.17) is 0 Å². The molecule has 6 aromatic heterocycles. The van der Waals surface area contributed by atoms with Gasteiger partial charge in [0, 0.05) is 0 Å². The van der Waals surface area contributed by atoms with Crippen LogP contribution in [-0.4, -0.2) is 67.1 Å². The van der Waals surface area contributed by atoms with Gasteiger partial charge in [-0.2, -0.15) is 0 Å². The summed E-state index contributed by atoms with van der Waals surface area (Å²) in [6.07, 6.45) is 66.8. The molecule has 0 aliphatic carbocycles. The van der Waals surface area contributed by atoms with Crippen LogP contribution in [0.4, 0.5) is 0 Å². The van der Waals surface area contributed by atoms with Crippen LogP contribution in [-0.2, 0) is 13.1 Å². The van der Waals surface area contributed by atoms with Crippen molar-refractivity contribution in [2.75, 3.05) is 0 Å². The van der Waals surface area contributed by atoms with E-state index in [0.717, 1.165) is 59.7 Å². The summed E-state index contributed by atoms with van der Waals surface area (Å²) in [4.78, 5) is 30.9. The maximum atomic E-state index is 15.6. The number of aromatic nitrogens is 2. The third-order valence-electron chi connectivity index (χ3n) is 19.6. The number of hydrogen-bond donors (Lipinski definition) is 0. The zero-order valence-electron chi connectivity index (χ0n) is 58.4. The van der Waals surface area contributed by atoms with Gasteiger partial charge in [-0.3, -0.25) is 0 Å². The van der Waals surface area contributed by atoms with Crippen LogP contribution in [0.3, 0.4) is 0 Å². The Morgan fingerprint density at radius 2 is 0.589 bits per heavy atom. The van der Waals surface area contributed by atoms with Crippen LogP contribution in [0.25, 0.3) is 52.1 Å². The monoisotopic (exact) mass is 1490 g/mol. The maximum absolute atomic E-state index is 15.6. The molecular formula is C82H128N2O2Se4. The molecule has 0 N–H and O–H groups in total. The van der Waals surface area contributed by atoms with Crippen molar-refractivity contribution in [1.29, 1.82) is 0 Å². The van der Waals surface area contributed by atoms with Crippen molar-refractivity contribution in [2.24, 2.45) is 11.8 Å². The van der Waals surface area contributed by atoms with E-state index < -0.39 is 0 Å². The normalized spacial score (nSPS) is 12.6. The van der Waals surface area contributed by atoms with Crippen molar-refractivity contribution in [2.45, 2.75) is 350 Å². The van der Waals surface area contributed by atoms with E-state index in [1.807, 2.05) is 0 Å². The van der Waals surface area contributed by atoms with Gasteiger partial charge in [-0.15, -0.1) is 0 Å². The molecule has 8 heteroatoms. The number of aryl methyl sites for hydroxylation is 4. The standard InChI is InChI=1S/C82H128N2O2Se4/c1-7-11-15-19-23-27-29-33-37-41-49-69(47-39-35-31-25-21-17-13-9-3)51-43-45-63-83-76-66-74(78-61-62-80(90-78)79-60-58-72(89-79)57-56-71-55-53-67(5)87-71)82(86)84(75(76)65-73(81(83)85)77-59-54-68(6)88-77)64-46-44-52-70(48-40-36-32-26-22-18-14-10-4)50-42-38-34-30-28-24-20-16-12-8-2/h53-62,65-66,69-70H,7-52,63-64H2,1-6H3/b57-56+. The predicted molar refractivity (Wildman–Crippen MR) is 403 cm³/mol. The van der Waals surface area contributed by atoms with E-state index in [-0.39, 0.29) is 54.6 Å². The summed E-state index contributed by atoms with van der Waals surface area (Å²) < 4.78 is 15.2. The second kappa shape index (κ2) is 47.7. The van der Waals surface area contributed by atoms with Gasteiger partial charge in [0.05, 0.1) is 0 Å². The SMILES string of the molecule is CCCCCCCCCCCCC(CCCCCCCCCC)CCCCn1c(=O)c(-c2ccc(C)[se]2)cc2c1cc(-c1ccc(-c3ccc(/C=C/c4ccc(C)[se]4)[se]3)[se]1)c(=O)n2CCCCC(CCCCCCCCCC)CCCCCCCCCCCC. The van der Waals surface area contributed by atoms with Crippen LogP contribution in [0.15, 0.2) is 70.3 Å². The fourth-order valence-electron chi connectivity index (χ4n) is 14.0. The van der Waals surface area contributed by atoms with E-state index >= 15 is 9.59 Å². The minimum Gasteiger partial charge on any atom is -0.0654 e. The molecule has 0 radical (unpaired) electrons. The first-order chi connectivity index (χ1) is 44.2. The fourth-order valence-corrected chi connectivity index (χ4v) is 22.1. The second-order valence-electron chi connectivity index (χ2n) is 27.6. The van der Waals surface area contributed by atoms with Gasteiger partial charge in [0.2, 0.25) is 0 Å². The van der Waals surface area contributed by atoms with Crippen molar-refractivity contribution < 1.29 is 0 Å². The first-order valence-corrected chi connectivity index (χ1v) is 44.9. The molecule has 0 fully saturated rings. The molecule has 0 bridgehead atoms. The van der Waals surface area contributed by atoms with Gasteiger partial charge in [0.25, 0.3) is 0 Å². The second-order valence-corrected chi connectivity index (χ2v) is 37.6. The smallest absolute Gasteiger partial charge is 0.0654 e. The molecule has 0 saturated heterocycles. The van der Waals surface area contributed by atoms with Gasteiger partial charge < -0.3 is 0 Å². The molecule has 0 aliphatic heterocycles. The van der Waals surface area contributed by atoms with E-state index in [0.29, 0.717) is 27.6 Å². The Hall–Kier alpha value is -2.10. The summed E-state index contributed by atoms with van der Waals surface area (Å²) in [5, 5.41) is 0. The Labute approximate surface area is 575 Å². The zero-order valence-corrected chi connectivity index (χ0v) is 65.2. The third-order valence-corrected chi connectivity index (χ3v) is 29.2. The molecular weight excluding hydrogens is 1360 g/mol. The summed E-state index contributed by atoms with van der Waals surface area (Å²) in [7, 11) is 0. The molecule has 502 valence electrons. The van der Waals surface area contributed by atoms with Crippen molar-refractivity contribution in [3.63, 3.8) is 0 Å². The molecule has 0 spiro atoms. The first-order valence-electron chi connectivity index (χ1n) is 38.1. The Balaban J connectivity index is 1.24. The van der Waals surface area contributed by atoms with Crippen molar-refractivity contribution in [3.8, 4) is 28.9 Å². The topological polar surface area (TPSA) is 44.0 Å². The number of unbranched alkanes of at least 4 members (excludes halogenated alkanes) is 34. The van der Waals surface area contributed by atoms with Crippen LogP contribution in [0, 0.1) is 25.7 Å². The Morgan fingerprint density at radius 3 is 0.944 bits per heavy atom. The summed E-state index contributed by atoms with van der Waals surface area (Å²) >= 11 is 0.800. The van der Waals surface area contributed by atoms with Crippen molar-refractivity contribution in [3.05, 3.63) is 99.1 Å². The Bertz CT molecular complexity index is 2940. The minimum atomic E-state index is 0.00446.